The Morgan fingerprint density at radius 2 is 2.07 bits per heavy atom. The highest BCUT2D eigenvalue weighted by Gasteiger charge is 2.65. The van der Waals surface area contributed by atoms with E-state index in [0.29, 0.717) is 25.3 Å². The van der Waals surface area contributed by atoms with Gasteiger partial charge in [-0.2, -0.15) is 0 Å². The molecule has 2 aliphatic rings. The van der Waals surface area contributed by atoms with Crippen LogP contribution in [0.1, 0.15) is 33.7 Å². The van der Waals surface area contributed by atoms with Crippen molar-refractivity contribution in [3.8, 4) is 0 Å². The maximum absolute atomic E-state index is 13.1. The van der Waals surface area contributed by atoms with Gasteiger partial charge in [-0.05, 0) is 42.5 Å². The maximum atomic E-state index is 13.1. The molecule has 0 bridgehead atoms. The lowest BCUT2D eigenvalue weighted by molar-refractivity contribution is -0.126. The molecule has 3 aromatic rings. The molecule has 2 N–H and O–H groups in total. The van der Waals surface area contributed by atoms with E-state index in [1.807, 2.05) is 60.0 Å². The van der Waals surface area contributed by atoms with Gasteiger partial charge in [0.2, 0.25) is 5.91 Å². The number of aliphatic hydroxyl groups excluding tert-OH is 1. The SMILES string of the molecule is Cc1c(C(=O)N2C[C@H]3C[C@@]3(C(=O)NCc3cccc(CO)c3)C2)nc2ccccn12. The van der Waals surface area contributed by atoms with Crippen molar-refractivity contribution in [3.05, 3.63) is 71.2 Å². The lowest BCUT2D eigenvalue weighted by Gasteiger charge is -2.20. The normalized spacial score (nSPS) is 22.2. The smallest absolute Gasteiger partial charge is 0.274 e. The number of rotatable bonds is 5. The highest BCUT2D eigenvalue weighted by atomic mass is 16.3. The van der Waals surface area contributed by atoms with Gasteiger partial charge in [0.15, 0.2) is 0 Å². The average Bonchev–Trinajstić information content (AvgIpc) is 3.18. The summed E-state index contributed by atoms with van der Waals surface area (Å²) in [6, 6.07) is 13.2. The molecule has 1 aliphatic heterocycles. The fourth-order valence-corrected chi connectivity index (χ4v) is 4.66. The summed E-state index contributed by atoms with van der Waals surface area (Å²) in [7, 11) is 0. The van der Waals surface area contributed by atoms with Gasteiger partial charge in [-0.25, -0.2) is 4.98 Å². The van der Waals surface area contributed by atoms with Gasteiger partial charge >= 0.3 is 0 Å². The fraction of sp³-hybridized carbons (Fsp3) is 0.348. The lowest BCUT2D eigenvalue weighted by Crippen LogP contribution is -2.38. The van der Waals surface area contributed by atoms with Crippen LogP contribution in [0.25, 0.3) is 5.65 Å². The number of fused-ring (bicyclic) bond motifs is 2. The van der Waals surface area contributed by atoms with Gasteiger partial charge in [0.25, 0.3) is 5.91 Å². The van der Waals surface area contributed by atoms with Crippen LogP contribution in [-0.2, 0) is 17.9 Å². The number of pyridine rings is 1. The summed E-state index contributed by atoms with van der Waals surface area (Å²) in [4.78, 5) is 32.3. The third kappa shape index (κ3) is 2.97. The second-order valence-electron chi connectivity index (χ2n) is 8.38. The van der Waals surface area contributed by atoms with E-state index in [-0.39, 0.29) is 24.3 Å². The minimum atomic E-state index is -0.475. The average molecular weight is 404 g/mol. The van der Waals surface area contributed by atoms with Gasteiger partial charge in [-0.15, -0.1) is 0 Å². The Labute approximate surface area is 174 Å². The number of nitrogens with one attached hydrogen (secondary N) is 1. The third-order valence-corrected chi connectivity index (χ3v) is 6.48. The largest absolute Gasteiger partial charge is 0.392 e. The molecule has 2 aromatic heterocycles. The first-order valence-corrected chi connectivity index (χ1v) is 10.2. The molecule has 7 heteroatoms. The topological polar surface area (TPSA) is 86.9 Å². The zero-order chi connectivity index (χ0) is 20.9. The van der Waals surface area contributed by atoms with E-state index in [9.17, 15) is 14.7 Å². The zero-order valence-electron chi connectivity index (χ0n) is 16.8. The molecule has 1 aliphatic carbocycles. The molecule has 2 amide bonds. The van der Waals surface area contributed by atoms with Crippen LogP contribution in [0.3, 0.4) is 0 Å². The Balaban J connectivity index is 1.27. The molecule has 1 saturated heterocycles. The highest BCUT2D eigenvalue weighted by Crippen LogP contribution is 2.58. The van der Waals surface area contributed by atoms with Gasteiger partial charge in [-0.3, -0.25) is 9.59 Å². The number of likely N-dealkylation sites (tertiary alicyclic amines) is 1. The van der Waals surface area contributed by atoms with Crippen LogP contribution in [0.4, 0.5) is 0 Å². The van der Waals surface area contributed by atoms with E-state index in [4.69, 9.17) is 0 Å². The standard InChI is InChI=1S/C23H24N4O3/c1-15-20(25-19-7-2-3-8-27(15)19)21(29)26-12-18-10-23(18,14-26)22(30)24-11-16-5-4-6-17(9-16)13-28/h2-9,18,28H,10-14H2,1H3,(H,24,30)/t18-,23-/m1/s1. The summed E-state index contributed by atoms with van der Waals surface area (Å²) in [5.74, 6) is 0.109. The van der Waals surface area contributed by atoms with E-state index < -0.39 is 5.41 Å². The number of carbonyl (C=O) groups is 2. The van der Waals surface area contributed by atoms with Crippen LogP contribution in [0.15, 0.2) is 48.7 Å². The maximum Gasteiger partial charge on any atom is 0.274 e. The number of benzene rings is 1. The Morgan fingerprint density at radius 3 is 2.87 bits per heavy atom. The monoisotopic (exact) mass is 404 g/mol. The number of hydrogen-bond acceptors (Lipinski definition) is 4. The van der Waals surface area contributed by atoms with Crippen molar-refractivity contribution in [1.82, 2.24) is 19.6 Å². The molecule has 2 fully saturated rings. The van der Waals surface area contributed by atoms with E-state index in [2.05, 4.69) is 10.3 Å². The van der Waals surface area contributed by atoms with Crippen LogP contribution < -0.4 is 5.32 Å². The molecule has 2 atom stereocenters. The van der Waals surface area contributed by atoms with Crippen LogP contribution in [0, 0.1) is 18.3 Å². The first-order valence-electron chi connectivity index (χ1n) is 10.2. The summed E-state index contributed by atoms with van der Waals surface area (Å²) in [5.41, 5.74) is 3.33. The Morgan fingerprint density at radius 1 is 1.23 bits per heavy atom. The molecule has 154 valence electrons. The number of hydrogen-bond donors (Lipinski definition) is 2. The molecule has 0 unspecified atom stereocenters. The highest BCUT2D eigenvalue weighted by molar-refractivity contribution is 5.96. The lowest BCUT2D eigenvalue weighted by atomic mass is 10.0. The van der Waals surface area contributed by atoms with Gasteiger partial charge in [0.1, 0.15) is 11.3 Å². The van der Waals surface area contributed by atoms with E-state index in [1.54, 1.807) is 4.90 Å². The second kappa shape index (κ2) is 6.95. The number of aliphatic hydroxyl groups is 1. The van der Waals surface area contributed by atoms with Gasteiger partial charge in [0.05, 0.1) is 17.7 Å². The quantitative estimate of drug-likeness (QED) is 0.680. The molecule has 30 heavy (non-hydrogen) atoms. The molecule has 0 radical (unpaired) electrons. The first kappa shape index (κ1) is 18.8. The van der Waals surface area contributed by atoms with Gasteiger partial charge in [-0.1, -0.05) is 30.3 Å². The first-order chi connectivity index (χ1) is 14.5. The summed E-state index contributed by atoms with van der Waals surface area (Å²) in [6.45, 7) is 3.33. The van der Waals surface area contributed by atoms with Crippen LogP contribution in [-0.4, -0.2) is 44.3 Å². The van der Waals surface area contributed by atoms with Gasteiger partial charge < -0.3 is 19.7 Å². The Hall–Kier alpha value is -3.19. The number of nitrogens with zero attached hydrogens (tertiary/aromatic N) is 3. The Kier molecular flexibility index (Phi) is 4.36. The van der Waals surface area contributed by atoms with Crippen molar-refractivity contribution >= 4 is 17.5 Å². The van der Waals surface area contributed by atoms with E-state index in [1.165, 1.54) is 0 Å². The van der Waals surface area contributed by atoms with Crippen molar-refractivity contribution in [2.24, 2.45) is 11.3 Å². The molecule has 3 heterocycles. The number of aromatic nitrogens is 2. The number of aryl methyl sites for hydroxylation is 1. The minimum absolute atomic E-state index is 0.00363. The predicted octanol–water partition coefficient (Wildman–Crippen LogP) is 1.91. The zero-order valence-corrected chi connectivity index (χ0v) is 16.8. The van der Waals surface area contributed by atoms with Crippen molar-refractivity contribution < 1.29 is 14.7 Å². The third-order valence-electron chi connectivity index (χ3n) is 6.48. The predicted molar refractivity (Wildman–Crippen MR) is 111 cm³/mol. The van der Waals surface area contributed by atoms with Gasteiger partial charge in [0, 0.05) is 25.8 Å². The molecular weight excluding hydrogens is 380 g/mol. The summed E-state index contributed by atoms with van der Waals surface area (Å²) < 4.78 is 1.91. The number of amides is 2. The summed E-state index contributed by atoms with van der Waals surface area (Å²) in [6.07, 6.45) is 2.72. The van der Waals surface area contributed by atoms with E-state index in [0.717, 1.165) is 28.9 Å². The van der Waals surface area contributed by atoms with E-state index >= 15 is 0 Å². The molecule has 1 saturated carbocycles. The van der Waals surface area contributed by atoms with Crippen molar-refractivity contribution in [3.63, 3.8) is 0 Å². The van der Waals surface area contributed by atoms with Crippen molar-refractivity contribution in [1.29, 1.82) is 0 Å². The number of imidazole rings is 1. The minimum Gasteiger partial charge on any atom is -0.392 e. The molecule has 5 rings (SSSR count). The van der Waals surface area contributed by atoms with Crippen LogP contribution >= 0.6 is 0 Å². The van der Waals surface area contributed by atoms with Crippen LogP contribution in [0.5, 0.6) is 0 Å². The molecule has 0 spiro atoms. The van der Waals surface area contributed by atoms with Crippen LogP contribution in [0.2, 0.25) is 0 Å². The number of carbonyl (C=O) groups excluding carboxylic acids is 2. The molecular formula is C23H24N4O3. The molecule has 7 nitrogen and oxygen atoms in total. The fourth-order valence-electron chi connectivity index (χ4n) is 4.66. The second-order valence-corrected chi connectivity index (χ2v) is 8.38. The Bertz CT molecular complexity index is 1150. The summed E-state index contributed by atoms with van der Waals surface area (Å²) in [5, 5.41) is 12.3. The van der Waals surface area contributed by atoms with Crippen molar-refractivity contribution in [2.45, 2.75) is 26.5 Å². The number of piperidine rings is 1. The molecule has 1 aromatic carbocycles. The summed E-state index contributed by atoms with van der Waals surface area (Å²) >= 11 is 0. The van der Waals surface area contributed by atoms with Crippen molar-refractivity contribution in [2.75, 3.05) is 13.1 Å².